The summed E-state index contributed by atoms with van der Waals surface area (Å²) in [4.78, 5) is 38.0. The van der Waals surface area contributed by atoms with Gasteiger partial charge in [0.25, 0.3) is 11.8 Å². The van der Waals surface area contributed by atoms with Gasteiger partial charge in [0.1, 0.15) is 0 Å². The maximum atomic E-state index is 11.3. The molecule has 0 aliphatic carbocycles. The molecule has 0 spiro atoms. The predicted octanol–water partition coefficient (Wildman–Crippen LogP) is 1.34. The molecule has 1 aliphatic heterocycles. The summed E-state index contributed by atoms with van der Waals surface area (Å²) in [6.45, 7) is 2.07. The number of unbranched alkanes of at least 4 members (excludes halogenated alkanes) is 3. The van der Waals surface area contributed by atoms with Gasteiger partial charge in [0.15, 0.2) is 0 Å². The van der Waals surface area contributed by atoms with Crippen LogP contribution in [-0.4, -0.2) is 22.8 Å². The van der Waals surface area contributed by atoms with Crippen LogP contribution in [0.5, 0.6) is 0 Å². The maximum absolute atomic E-state index is 11.3. The molecular formula is C11H15NO4. The molecule has 0 aromatic heterocycles. The lowest BCUT2D eigenvalue weighted by molar-refractivity contribution is -0.196. The van der Waals surface area contributed by atoms with Gasteiger partial charge in [-0.2, -0.15) is 0 Å². The van der Waals surface area contributed by atoms with E-state index in [1.54, 1.807) is 0 Å². The average molecular weight is 225 g/mol. The summed E-state index contributed by atoms with van der Waals surface area (Å²) in [7, 11) is 0. The van der Waals surface area contributed by atoms with Crippen molar-refractivity contribution in [3.8, 4) is 0 Å². The van der Waals surface area contributed by atoms with E-state index in [0.717, 1.165) is 37.8 Å². The second kappa shape index (κ2) is 6.05. The molecule has 0 saturated heterocycles. The lowest BCUT2D eigenvalue weighted by Gasteiger charge is -2.12. The summed E-state index contributed by atoms with van der Waals surface area (Å²) in [5.41, 5.74) is 0. The third-order valence-corrected chi connectivity index (χ3v) is 2.20. The van der Waals surface area contributed by atoms with Gasteiger partial charge < -0.3 is 4.84 Å². The molecule has 1 heterocycles. The van der Waals surface area contributed by atoms with Crippen molar-refractivity contribution in [3.05, 3.63) is 12.2 Å². The van der Waals surface area contributed by atoms with Gasteiger partial charge in [0.2, 0.25) is 0 Å². The number of imide groups is 1. The summed E-state index contributed by atoms with van der Waals surface area (Å²) in [6, 6.07) is 0. The predicted molar refractivity (Wildman–Crippen MR) is 55.8 cm³/mol. The normalized spacial score (nSPS) is 14.7. The van der Waals surface area contributed by atoms with Gasteiger partial charge in [-0.3, -0.25) is 9.59 Å². The number of rotatable bonds is 6. The molecule has 0 atom stereocenters. The second-order valence-electron chi connectivity index (χ2n) is 3.58. The van der Waals surface area contributed by atoms with Gasteiger partial charge >= 0.3 is 5.97 Å². The quantitative estimate of drug-likeness (QED) is 0.505. The fraction of sp³-hybridized carbons (Fsp3) is 0.545. The van der Waals surface area contributed by atoms with E-state index < -0.39 is 17.8 Å². The first-order valence-electron chi connectivity index (χ1n) is 5.42. The Morgan fingerprint density at radius 1 is 1.19 bits per heavy atom. The van der Waals surface area contributed by atoms with Crippen molar-refractivity contribution in [1.82, 2.24) is 5.06 Å². The van der Waals surface area contributed by atoms with Crippen LogP contribution in [0.3, 0.4) is 0 Å². The van der Waals surface area contributed by atoms with Gasteiger partial charge in [-0.15, -0.1) is 0 Å². The topological polar surface area (TPSA) is 63.7 Å². The standard InChI is InChI=1S/C11H15NO4/c1-2-3-4-5-6-11(15)16-12-9(13)7-8-10(12)14/h7-8H,2-6H2,1H3. The first kappa shape index (κ1) is 12.4. The lowest BCUT2D eigenvalue weighted by Crippen LogP contribution is -2.32. The average Bonchev–Trinajstić information content (AvgIpc) is 2.56. The molecule has 0 saturated carbocycles. The number of nitrogens with zero attached hydrogens (tertiary/aromatic N) is 1. The van der Waals surface area contributed by atoms with Crippen LogP contribution in [0.25, 0.3) is 0 Å². The smallest absolute Gasteiger partial charge is 0.330 e. The first-order valence-corrected chi connectivity index (χ1v) is 5.42. The van der Waals surface area contributed by atoms with Gasteiger partial charge in [0, 0.05) is 18.6 Å². The Hall–Kier alpha value is -1.65. The Kier molecular flexibility index (Phi) is 4.69. The molecule has 1 rings (SSSR count). The van der Waals surface area contributed by atoms with Crippen LogP contribution < -0.4 is 0 Å². The minimum absolute atomic E-state index is 0.233. The Labute approximate surface area is 94.0 Å². The molecule has 0 aromatic rings. The molecule has 2 amide bonds. The van der Waals surface area contributed by atoms with Crippen molar-refractivity contribution in [2.24, 2.45) is 0 Å². The zero-order chi connectivity index (χ0) is 12.0. The number of hydrogen-bond donors (Lipinski definition) is 0. The van der Waals surface area contributed by atoms with E-state index in [9.17, 15) is 14.4 Å². The number of hydrogen-bond acceptors (Lipinski definition) is 4. The van der Waals surface area contributed by atoms with Gasteiger partial charge in [-0.05, 0) is 6.42 Å². The first-order chi connectivity index (χ1) is 7.65. The van der Waals surface area contributed by atoms with Crippen LogP contribution in [0.2, 0.25) is 0 Å². The molecule has 0 N–H and O–H groups in total. The Bertz CT molecular complexity index is 304. The van der Waals surface area contributed by atoms with Crippen molar-refractivity contribution in [2.75, 3.05) is 0 Å². The van der Waals surface area contributed by atoms with Crippen LogP contribution in [0.1, 0.15) is 39.0 Å². The fourth-order valence-corrected chi connectivity index (χ4v) is 1.32. The highest BCUT2D eigenvalue weighted by Crippen LogP contribution is 2.08. The molecule has 88 valence electrons. The molecule has 5 heteroatoms. The van der Waals surface area contributed by atoms with Crippen molar-refractivity contribution >= 4 is 17.8 Å². The number of amides is 2. The molecular weight excluding hydrogens is 210 g/mol. The van der Waals surface area contributed by atoms with Crippen LogP contribution in [-0.2, 0) is 19.2 Å². The van der Waals surface area contributed by atoms with Gasteiger partial charge in [-0.1, -0.05) is 31.2 Å². The zero-order valence-electron chi connectivity index (χ0n) is 9.27. The molecule has 1 aliphatic rings. The minimum Gasteiger partial charge on any atom is -0.330 e. The van der Waals surface area contributed by atoms with Crippen LogP contribution in [0.4, 0.5) is 0 Å². The summed E-state index contributed by atoms with van der Waals surface area (Å²) < 4.78 is 0. The SMILES string of the molecule is CCCCCCC(=O)ON1C(=O)C=CC1=O. The molecule has 0 unspecified atom stereocenters. The number of carbonyl (C=O) groups is 3. The number of carbonyl (C=O) groups excluding carboxylic acids is 3. The second-order valence-corrected chi connectivity index (χ2v) is 3.58. The largest absolute Gasteiger partial charge is 0.333 e. The summed E-state index contributed by atoms with van der Waals surface area (Å²) >= 11 is 0. The maximum Gasteiger partial charge on any atom is 0.333 e. The molecule has 0 aromatic carbocycles. The van der Waals surface area contributed by atoms with Crippen LogP contribution >= 0.6 is 0 Å². The Morgan fingerprint density at radius 2 is 1.81 bits per heavy atom. The molecule has 16 heavy (non-hydrogen) atoms. The highest BCUT2D eigenvalue weighted by molar-refractivity contribution is 6.12. The highest BCUT2D eigenvalue weighted by atomic mass is 16.7. The monoisotopic (exact) mass is 225 g/mol. The third kappa shape index (κ3) is 3.49. The van der Waals surface area contributed by atoms with Crippen molar-refractivity contribution in [3.63, 3.8) is 0 Å². The molecule has 5 nitrogen and oxygen atoms in total. The summed E-state index contributed by atoms with van der Waals surface area (Å²) in [6.07, 6.45) is 6.21. The van der Waals surface area contributed by atoms with E-state index in [4.69, 9.17) is 0 Å². The van der Waals surface area contributed by atoms with Crippen LogP contribution in [0, 0.1) is 0 Å². The molecule has 0 radical (unpaired) electrons. The van der Waals surface area contributed by atoms with Crippen molar-refractivity contribution in [1.29, 1.82) is 0 Å². The van der Waals surface area contributed by atoms with E-state index in [1.807, 2.05) is 0 Å². The number of hydroxylamine groups is 2. The van der Waals surface area contributed by atoms with E-state index in [0.29, 0.717) is 5.06 Å². The fourth-order valence-electron chi connectivity index (χ4n) is 1.32. The summed E-state index contributed by atoms with van der Waals surface area (Å²) in [5.74, 6) is -1.75. The van der Waals surface area contributed by atoms with E-state index >= 15 is 0 Å². The molecule has 0 bridgehead atoms. The van der Waals surface area contributed by atoms with Gasteiger partial charge in [-0.25, -0.2) is 4.79 Å². The van der Waals surface area contributed by atoms with E-state index in [-0.39, 0.29) is 6.42 Å². The lowest BCUT2D eigenvalue weighted by atomic mass is 10.2. The minimum atomic E-state index is -0.605. The summed E-state index contributed by atoms with van der Waals surface area (Å²) in [5, 5.41) is 0.488. The third-order valence-electron chi connectivity index (χ3n) is 2.20. The Balaban J connectivity index is 2.24. The van der Waals surface area contributed by atoms with Crippen molar-refractivity contribution < 1.29 is 19.2 Å². The van der Waals surface area contributed by atoms with Gasteiger partial charge in [0.05, 0.1) is 0 Å². The van der Waals surface area contributed by atoms with Crippen LogP contribution in [0.15, 0.2) is 12.2 Å². The van der Waals surface area contributed by atoms with E-state index in [1.165, 1.54) is 0 Å². The van der Waals surface area contributed by atoms with E-state index in [2.05, 4.69) is 11.8 Å². The highest BCUT2D eigenvalue weighted by Gasteiger charge is 2.27. The Morgan fingerprint density at radius 3 is 2.38 bits per heavy atom. The molecule has 0 fully saturated rings. The van der Waals surface area contributed by atoms with Crippen molar-refractivity contribution in [2.45, 2.75) is 39.0 Å². The zero-order valence-corrected chi connectivity index (χ0v) is 9.27.